The first-order valence-electron chi connectivity index (χ1n) is 7.86. The van der Waals surface area contributed by atoms with E-state index in [0.29, 0.717) is 0 Å². The highest BCUT2D eigenvalue weighted by Gasteiger charge is 2.65. The Morgan fingerprint density at radius 2 is 0.619 bits per heavy atom. The molecule has 128 valence electrons. The fraction of sp³-hybridized carbons (Fsp3) is 1.00. The molecule has 0 aromatic heterocycles. The van der Waals surface area contributed by atoms with E-state index in [1.165, 1.54) is 0 Å². The normalized spacial score (nSPS) is 16.3. The molecule has 21 heavy (non-hydrogen) atoms. The molecular formula is C16H38O3Si2. The van der Waals surface area contributed by atoms with Crippen LogP contribution in [-0.2, 0) is 4.12 Å². The molecule has 0 aliphatic carbocycles. The molecule has 0 rings (SSSR count). The summed E-state index contributed by atoms with van der Waals surface area (Å²) in [5.74, 6) is 0. The first kappa shape index (κ1) is 21.3. The molecule has 0 bridgehead atoms. The summed E-state index contributed by atoms with van der Waals surface area (Å²) in [6, 6.07) is 0. The lowest BCUT2D eigenvalue weighted by Crippen LogP contribution is -2.67. The van der Waals surface area contributed by atoms with Crippen molar-refractivity contribution in [2.24, 2.45) is 0 Å². The van der Waals surface area contributed by atoms with Gasteiger partial charge in [0.25, 0.3) is 0 Å². The molecule has 3 nitrogen and oxygen atoms in total. The molecule has 5 heteroatoms. The molecule has 0 saturated heterocycles. The van der Waals surface area contributed by atoms with E-state index in [2.05, 4.69) is 0 Å². The molecule has 0 saturated carbocycles. The molecule has 2 N–H and O–H groups in total. The van der Waals surface area contributed by atoms with Crippen molar-refractivity contribution in [3.8, 4) is 0 Å². The molecule has 0 atom stereocenters. The SMILES string of the molecule is CC(C)(C)[Si](O)(O[Si](O)(C(C)(C)C)C(C)(C)C)C(C)(C)C. The van der Waals surface area contributed by atoms with Gasteiger partial charge in [0.15, 0.2) is 0 Å². The Morgan fingerprint density at radius 3 is 0.714 bits per heavy atom. The van der Waals surface area contributed by atoms with E-state index in [-0.39, 0.29) is 20.2 Å². The van der Waals surface area contributed by atoms with Crippen LogP contribution in [0.5, 0.6) is 0 Å². The van der Waals surface area contributed by atoms with Gasteiger partial charge in [-0.05, 0) is 0 Å². The van der Waals surface area contributed by atoms with Gasteiger partial charge in [-0.2, -0.15) is 0 Å². The fourth-order valence-corrected chi connectivity index (χ4v) is 14.2. The molecule has 0 spiro atoms. The first-order valence-corrected chi connectivity index (χ1v) is 11.6. The standard InChI is InChI=1S/C16H38O3Si2/c1-13(2,3)20(17,14(4,5)6)19-21(18,15(7,8)9)16(10,11)12/h17-18H,1-12H3. The van der Waals surface area contributed by atoms with E-state index >= 15 is 0 Å². The quantitative estimate of drug-likeness (QED) is 0.693. The van der Waals surface area contributed by atoms with Crippen LogP contribution in [0.2, 0.25) is 20.2 Å². The van der Waals surface area contributed by atoms with Gasteiger partial charge in [0.05, 0.1) is 0 Å². The molecule has 0 amide bonds. The van der Waals surface area contributed by atoms with Crippen LogP contribution in [-0.4, -0.2) is 26.7 Å². The van der Waals surface area contributed by atoms with Crippen molar-refractivity contribution >= 4 is 17.1 Å². The summed E-state index contributed by atoms with van der Waals surface area (Å²) in [4.78, 5) is 23.1. The third kappa shape index (κ3) is 3.81. The maximum atomic E-state index is 11.5. The van der Waals surface area contributed by atoms with Gasteiger partial charge in [0.2, 0.25) is 0 Å². The Kier molecular flexibility index (Phi) is 5.52. The van der Waals surface area contributed by atoms with Gasteiger partial charge in [0, 0.05) is 20.2 Å². The Balaban J connectivity index is 6.15. The Hall–Kier alpha value is 0.314. The van der Waals surface area contributed by atoms with Gasteiger partial charge in [-0.25, -0.2) is 0 Å². The van der Waals surface area contributed by atoms with Crippen molar-refractivity contribution < 1.29 is 13.7 Å². The number of hydrogen-bond donors (Lipinski definition) is 2. The Labute approximate surface area is 134 Å². The van der Waals surface area contributed by atoms with E-state index in [4.69, 9.17) is 4.12 Å². The average Bonchev–Trinajstić information content (AvgIpc) is 2.09. The van der Waals surface area contributed by atoms with Crippen molar-refractivity contribution in [2.45, 2.75) is 103 Å². The first-order chi connectivity index (χ1) is 8.71. The minimum atomic E-state index is -3.20. The molecule has 0 aromatic rings. The van der Waals surface area contributed by atoms with Crippen molar-refractivity contribution in [3.05, 3.63) is 0 Å². The van der Waals surface area contributed by atoms with Gasteiger partial charge in [-0.15, -0.1) is 0 Å². The highest BCUT2D eigenvalue weighted by atomic mass is 28.5. The van der Waals surface area contributed by atoms with E-state index < -0.39 is 17.1 Å². The fourth-order valence-electron chi connectivity index (χ4n) is 3.08. The lowest BCUT2D eigenvalue weighted by molar-refractivity contribution is 0.202. The molecule has 0 aliphatic rings. The second kappa shape index (κ2) is 5.44. The van der Waals surface area contributed by atoms with Crippen LogP contribution in [0.3, 0.4) is 0 Å². The summed E-state index contributed by atoms with van der Waals surface area (Å²) in [5, 5.41) is -1.49. The van der Waals surface area contributed by atoms with E-state index in [0.717, 1.165) is 0 Å². The molecular weight excluding hydrogens is 296 g/mol. The Bertz CT molecular complexity index is 301. The van der Waals surface area contributed by atoms with Crippen LogP contribution < -0.4 is 0 Å². The second-order valence-corrected chi connectivity index (χ2v) is 19.8. The summed E-state index contributed by atoms with van der Waals surface area (Å²) < 4.78 is 6.47. The van der Waals surface area contributed by atoms with Crippen LogP contribution in [0.1, 0.15) is 83.1 Å². The number of rotatable bonds is 2. The van der Waals surface area contributed by atoms with Gasteiger partial charge in [0.1, 0.15) is 0 Å². The monoisotopic (exact) mass is 334 g/mol. The predicted molar refractivity (Wildman–Crippen MR) is 95.9 cm³/mol. The lowest BCUT2D eigenvalue weighted by Gasteiger charge is -2.55. The van der Waals surface area contributed by atoms with Gasteiger partial charge in [-0.1, -0.05) is 83.1 Å². The van der Waals surface area contributed by atoms with Gasteiger partial charge < -0.3 is 13.7 Å². The topological polar surface area (TPSA) is 49.7 Å². The van der Waals surface area contributed by atoms with Crippen LogP contribution in [0, 0.1) is 0 Å². The summed E-state index contributed by atoms with van der Waals surface area (Å²) in [6.07, 6.45) is 0. The largest absolute Gasteiger partial charge is 0.413 e. The molecule has 0 aliphatic heterocycles. The van der Waals surface area contributed by atoms with Crippen molar-refractivity contribution in [1.29, 1.82) is 0 Å². The minimum Gasteiger partial charge on any atom is -0.413 e. The highest BCUT2D eigenvalue weighted by Crippen LogP contribution is 2.57. The van der Waals surface area contributed by atoms with Crippen molar-refractivity contribution in [3.63, 3.8) is 0 Å². The average molecular weight is 335 g/mol. The molecule has 0 fully saturated rings. The third-order valence-corrected chi connectivity index (χ3v) is 14.9. The van der Waals surface area contributed by atoms with Crippen LogP contribution in [0.25, 0.3) is 0 Å². The zero-order chi connectivity index (χ0) is 17.7. The Morgan fingerprint density at radius 1 is 0.476 bits per heavy atom. The maximum Gasteiger partial charge on any atom is 0.337 e. The van der Waals surface area contributed by atoms with Gasteiger partial charge in [-0.3, -0.25) is 0 Å². The second-order valence-electron chi connectivity index (χ2n) is 10.4. The lowest BCUT2D eigenvalue weighted by atomic mass is 10.2. The summed E-state index contributed by atoms with van der Waals surface area (Å²) >= 11 is 0. The van der Waals surface area contributed by atoms with E-state index in [1.54, 1.807) is 0 Å². The maximum absolute atomic E-state index is 11.5. The van der Waals surface area contributed by atoms with Crippen LogP contribution in [0.4, 0.5) is 0 Å². The minimum absolute atomic E-state index is 0.372. The summed E-state index contributed by atoms with van der Waals surface area (Å²) in [6.45, 7) is 24.2. The molecule has 0 heterocycles. The zero-order valence-electron chi connectivity index (χ0n) is 16.3. The van der Waals surface area contributed by atoms with E-state index in [1.807, 2.05) is 83.1 Å². The summed E-state index contributed by atoms with van der Waals surface area (Å²) in [5.41, 5.74) is 0. The number of hydrogen-bond acceptors (Lipinski definition) is 3. The zero-order valence-corrected chi connectivity index (χ0v) is 18.3. The summed E-state index contributed by atoms with van der Waals surface area (Å²) in [7, 11) is -6.39. The molecule has 0 radical (unpaired) electrons. The van der Waals surface area contributed by atoms with Gasteiger partial charge >= 0.3 is 17.1 Å². The highest BCUT2D eigenvalue weighted by molar-refractivity contribution is 6.85. The van der Waals surface area contributed by atoms with E-state index in [9.17, 15) is 9.59 Å². The van der Waals surface area contributed by atoms with Crippen LogP contribution >= 0.6 is 0 Å². The van der Waals surface area contributed by atoms with Crippen molar-refractivity contribution in [1.82, 2.24) is 0 Å². The smallest absolute Gasteiger partial charge is 0.337 e. The van der Waals surface area contributed by atoms with Crippen molar-refractivity contribution in [2.75, 3.05) is 0 Å². The third-order valence-electron chi connectivity index (χ3n) is 4.36. The van der Waals surface area contributed by atoms with Crippen LogP contribution in [0.15, 0.2) is 0 Å². The predicted octanol–water partition coefficient (Wildman–Crippen LogP) is 5.07. The molecule has 0 unspecified atom stereocenters. The molecule has 0 aromatic carbocycles.